The molecule has 0 spiro atoms. The monoisotopic (exact) mass is 270 g/mol. The molecule has 2 aromatic rings. The summed E-state index contributed by atoms with van der Waals surface area (Å²) in [5.74, 6) is 1.02. The number of allylic oxidation sites excluding steroid dienone is 3. The first kappa shape index (κ1) is 14.0. The fourth-order valence-corrected chi connectivity index (χ4v) is 2.19. The first-order chi connectivity index (χ1) is 9.49. The molecule has 0 aromatic carbocycles. The van der Waals surface area contributed by atoms with E-state index >= 15 is 0 Å². The summed E-state index contributed by atoms with van der Waals surface area (Å²) in [6.45, 7) is 11.1. The molecule has 1 N–H and O–H groups in total. The van der Waals surface area contributed by atoms with E-state index in [2.05, 4.69) is 21.8 Å². The van der Waals surface area contributed by atoms with Crippen molar-refractivity contribution in [1.82, 2.24) is 19.7 Å². The normalized spacial score (nSPS) is 11.7. The van der Waals surface area contributed by atoms with Crippen molar-refractivity contribution < 1.29 is 4.79 Å². The lowest BCUT2D eigenvalue weighted by Crippen LogP contribution is -2.16. The van der Waals surface area contributed by atoms with Gasteiger partial charge < -0.3 is 4.98 Å². The van der Waals surface area contributed by atoms with Crippen molar-refractivity contribution in [2.75, 3.05) is 0 Å². The predicted molar refractivity (Wildman–Crippen MR) is 78.6 cm³/mol. The lowest BCUT2D eigenvalue weighted by atomic mass is 10.1. The van der Waals surface area contributed by atoms with Crippen molar-refractivity contribution >= 4 is 11.5 Å². The lowest BCUT2D eigenvalue weighted by Gasteiger charge is -2.04. The smallest absolute Gasteiger partial charge is 0.281 e. The third kappa shape index (κ3) is 2.22. The maximum atomic E-state index is 12.6. The van der Waals surface area contributed by atoms with Gasteiger partial charge in [0, 0.05) is 5.69 Å². The largest absolute Gasteiger partial charge is 0.350 e. The highest BCUT2D eigenvalue weighted by molar-refractivity contribution is 5.97. The quantitative estimate of drug-likeness (QED) is 0.872. The summed E-state index contributed by atoms with van der Waals surface area (Å²) in [6, 6.07) is 1.94. The molecule has 0 saturated carbocycles. The minimum Gasteiger partial charge on any atom is -0.350 e. The Balaban J connectivity index is 2.49. The third-order valence-corrected chi connectivity index (χ3v) is 3.26. The van der Waals surface area contributed by atoms with Gasteiger partial charge in [-0.1, -0.05) is 18.7 Å². The van der Waals surface area contributed by atoms with Gasteiger partial charge in [-0.3, -0.25) is 4.79 Å². The lowest BCUT2D eigenvalue weighted by molar-refractivity contribution is 0.0950. The number of hydrogen-bond acceptors (Lipinski definition) is 3. The van der Waals surface area contributed by atoms with Crippen LogP contribution in [0.25, 0.3) is 5.57 Å². The molecular formula is C15H18N4O. The van der Waals surface area contributed by atoms with Gasteiger partial charge in [0.2, 0.25) is 0 Å². The Morgan fingerprint density at radius 2 is 1.90 bits per heavy atom. The van der Waals surface area contributed by atoms with E-state index in [0.29, 0.717) is 17.3 Å². The van der Waals surface area contributed by atoms with Crippen LogP contribution in [0.2, 0.25) is 0 Å². The van der Waals surface area contributed by atoms with Crippen molar-refractivity contribution in [3.8, 4) is 0 Å². The average Bonchev–Trinajstić information content (AvgIpc) is 2.94. The van der Waals surface area contributed by atoms with E-state index in [1.807, 2.05) is 26.0 Å². The summed E-state index contributed by atoms with van der Waals surface area (Å²) in [4.78, 5) is 15.7. The van der Waals surface area contributed by atoms with Gasteiger partial charge in [0.15, 0.2) is 0 Å². The Morgan fingerprint density at radius 1 is 1.30 bits per heavy atom. The van der Waals surface area contributed by atoms with Crippen molar-refractivity contribution in [3.63, 3.8) is 0 Å². The van der Waals surface area contributed by atoms with Crippen LogP contribution in [0, 0.1) is 20.8 Å². The number of aryl methyl sites for hydroxylation is 3. The fourth-order valence-electron chi connectivity index (χ4n) is 2.19. The Kier molecular flexibility index (Phi) is 3.70. The molecule has 0 aliphatic heterocycles. The molecule has 0 unspecified atom stereocenters. The van der Waals surface area contributed by atoms with Gasteiger partial charge >= 0.3 is 0 Å². The molecule has 0 atom stereocenters. The van der Waals surface area contributed by atoms with E-state index in [9.17, 15) is 4.79 Å². The van der Waals surface area contributed by atoms with Crippen LogP contribution in [0.15, 0.2) is 24.8 Å². The van der Waals surface area contributed by atoms with E-state index in [0.717, 1.165) is 16.8 Å². The molecule has 0 saturated heterocycles. The molecule has 0 bridgehead atoms. The zero-order valence-electron chi connectivity index (χ0n) is 12.2. The van der Waals surface area contributed by atoms with Gasteiger partial charge in [0.05, 0.1) is 0 Å². The predicted octanol–water partition coefficient (Wildman–Crippen LogP) is 2.81. The van der Waals surface area contributed by atoms with Gasteiger partial charge in [-0.15, -0.1) is 10.2 Å². The minimum absolute atomic E-state index is 0.145. The highest BCUT2D eigenvalue weighted by Gasteiger charge is 2.19. The maximum absolute atomic E-state index is 12.6. The van der Waals surface area contributed by atoms with Gasteiger partial charge in [-0.2, -0.15) is 0 Å². The summed E-state index contributed by atoms with van der Waals surface area (Å²) in [5.41, 5.74) is 3.28. The van der Waals surface area contributed by atoms with Crippen LogP contribution in [0.1, 0.15) is 40.3 Å². The molecule has 5 heteroatoms. The number of aromatic nitrogens is 4. The molecule has 2 heterocycles. The second-order valence-corrected chi connectivity index (χ2v) is 4.62. The Hall–Kier alpha value is -2.43. The molecule has 0 aliphatic carbocycles. The SMILES string of the molecule is C=C/C(=C\C)c1cc(C)c(C(=O)n2c(C)nnc2C)[nH]1. The van der Waals surface area contributed by atoms with E-state index in [4.69, 9.17) is 0 Å². The Labute approximate surface area is 118 Å². The second-order valence-electron chi connectivity index (χ2n) is 4.62. The van der Waals surface area contributed by atoms with Crippen LogP contribution in [0.5, 0.6) is 0 Å². The zero-order chi connectivity index (χ0) is 14.9. The van der Waals surface area contributed by atoms with Gasteiger partial charge in [0.25, 0.3) is 5.91 Å². The number of nitrogens with one attached hydrogen (secondary N) is 1. The zero-order valence-corrected chi connectivity index (χ0v) is 12.2. The van der Waals surface area contributed by atoms with Crippen LogP contribution in [-0.4, -0.2) is 25.7 Å². The summed E-state index contributed by atoms with van der Waals surface area (Å²) in [7, 11) is 0. The number of H-pyrrole nitrogens is 1. The van der Waals surface area contributed by atoms with Gasteiger partial charge in [-0.25, -0.2) is 4.57 Å². The number of nitrogens with zero attached hydrogens (tertiary/aromatic N) is 3. The van der Waals surface area contributed by atoms with E-state index < -0.39 is 0 Å². The molecule has 2 rings (SSSR count). The van der Waals surface area contributed by atoms with Crippen LogP contribution in [0.4, 0.5) is 0 Å². The summed E-state index contributed by atoms with van der Waals surface area (Å²) >= 11 is 0. The van der Waals surface area contributed by atoms with Gasteiger partial charge in [-0.05, 0) is 44.9 Å². The maximum Gasteiger partial charge on any atom is 0.281 e. The number of aromatic amines is 1. The van der Waals surface area contributed by atoms with E-state index in [1.54, 1.807) is 19.9 Å². The average molecular weight is 270 g/mol. The minimum atomic E-state index is -0.145. The number of carbonyl (C=O) groups excluding carboxylic acids is 1. The Morgan fingerprint density at radius 3 is 2.40 bits per heavy atom. The van der Waals surface area contributed by atoms with Gasteiger partial charge in [0.1, 0.15) is 17.3 Å². The highest BCUT2D eigenvalue weighted by Crippen LogP contribution is 2.20. The summed E-state index contributed by atoms with van der Waals surface area (Å²) in [6.07, 6.45) is 3.70. The van der Waals surface area contributed by atoms with Crippen LogP contribution in [0.3, 0.4) is 0 Å². The topological polar surface area (TPSA) is 63.6 Å². The molecule has 20 heavy (non-hydrogen) atoms. The summed E-state index contributed by atoms with van der Waals surface area (Å²) in [5, 5.41) is 7.83. The first-order valence-corrected chi connectivity index (χ1v) is 6.41. The number of hydrogen-bond donors (Lipinski definition) is 1. The molecule has 0 fully saturated rings. The van der Waals surface area contributed by atoms with Crippen molar-refractivity contribution in [3.05, 3.63) is 53.4 Å². The Bertz CT molecular complexity index is 684. The molecule has 0 radical (unpaired) electrons. The van der Waals surface area contributed by atoms with E-state index in [-0.39, 0.29) is 5.91 Å². The molecular weight excluding hydrogens is 252 g/mol. The van der Waals surface area contributed by atoms with Crippen LogP contribution < -0.4 is 0 Å². The van der Waals surface area contributed by atoms with Crippen LogP contribution >= 0.6 is 0 Å². The molecule has 5 nitrogen and oxygen atoms in total. The van der Waals surface area contributed by atoms with Crippen molar-refractivity contribution in [2.45, 2.75) is 27.7 Å². The van der Waals surface area contributed by atoms with E-state index in [1.165, 1.54) is 4.57 Å². The highest BCUT2D eigenvalue weighted by atomic mass is 16.2. The third-order valence-electron chi connectivity index (χ3n) is 3.26. The molecule has 0 aliphatic rings. The standard InChI is InChI=1S/C15H18N4O/c1-6-12(7-2)13-8-9(3)14(16-13)15(20)19-10(4)17-18-11(19)5/h6-8,16H,1H2,2-5H3/b12-7+. The van der Waals surface area contributed by atoms with Crippen LogP contribution in [-0.2, 0) is 0 Å². The molecule has 104 valence electrons. The molecule has 2 aromatic heterocycles. The van der Waals surface area contributed by atoms with Crippen molar-refractivity contribution in [2.24, 2.45) is 0 Å². The fraction of sp³-hybridized carbons (Fsp3) is 0.267. The second kappa shape index (κ2) is 5.28. The first-order valence-electron chi connectivity index (χ1n) is 6.41. The number of rotatable bonds is 3. The number of carbonyl (C=O) groups is 1. The summed E-state index contributed by atoms with van der Waals surface area (Å²) < 4.78 is 1.51. The molecule has 0 amide bonds. The van der Waals surface area contributed by atoms with Crippen molar-refractivity contribution in [1.29, 1.82) is 0 Å².